The Morgan fingerprint density at radius 3 is 2.83 bits per heavy atom. The van der Waals surface area contributed by atoms with Crippen LogP contribution in [0.4, 0.5) is 5.82 Å². The third kappa shape index (κ3) is 3.21. The van der Waals surface area contributed by atoms with E-state index in [4.69, 9.17) is 0 Å². The summed E-state index contributed by atoms with van der Waals surface area (Å²) in [5.74, 6) is 0.895. The first-order valence-electron chi connectivity index (χ1n) is 6.75. The number of aromatic nitrogens is 1. The average molecular weight is 249 g/mol. The minimum absolute atomic E-state index is 0.470. The van der Waals surface area contributed by atoms with E-state index in [1.165, 1.54) is 25.9 Å². The fourth-order valence-corrected chi connectivity index (χ4v) is 2.46. The average Bonchev–Trinajstić information content (AvgIpc) is 2.89. The monoisotopic (exact) mass is 249 g/mol. The van der Waals surface area contributed by atoms with E-state index in [2.05, 4.69) is 14.8 Å². The fraction of sp³-hybridized carbons (Fsp3) is 0.643. The first-order valence-corrected chi connectivity index (χ1v) is 6.75. The number of aliphatic hydroxyl groups excluding tert-OH is 1. The molecule has 100 valence electrons. The molecule has 4 heteroatoms. The standard InChI is InChI=1S/C14H23N3O/c1-12(18)13-6-5-7-15-14(13)16(2)10-11-17-8-3-4-9-17/h5-7,12,18H,3-4,8-11H2,1-2H3/t12-/m0/s1. The van der Waals surface area contributed by atoms with Gasteiger partial charge in [-0.05, 0) is 38.9 Å². The van der Waals surface area contributed by atoms with Crippen LogP contribution in [-0.4, -0.2) is 48.2 Å². The van der Waals surface area contributed by atoms with Gasteiger partial charge in [0.25, 0.3) is 0 Å². The lowest BCUT2D eigenvalue weighted by Crippen LogP contribution is -2.32. The molecular formula is C14H23N3O. The molecule has 2 rings (SSSR count). The van der Waals surface area contributed by atoms with E-state index in [-0.39, 0.29) is 0 Å². The molecule has 0 unspecified atom stereocenters. The van der Waals surface area contributed by atoms with Gasteiger partial charge in [-0.3, -0.25) is 0 Å². The van der Waals surface area contributed by atoms with Crippen molar-refractivity contribution in [2.24, 2.45) is 0 Å². The zero-order chi connectivity index (χ0) is 13.0. The van der Waals surface area contributed by atoms with E-state index in [1.54, 1.807) is 13.1 Å². The molecule has 0 aliphatic carbocycles. The lowest BCUT2D eigenvalue weighted by molar-refractivity contribution is 0.199. The van der Waals surface area contributed by atoms with Crippen LogP contribution in [0.3, 0.4) is 0 Å². The lowest BCUT2D eigenvalue weighted by atomic mass is 10.1. The van der Waals surface area contributed by atoms with Crippen molar-refractivity contribution in [2.75, 3.05) is 38.1 Å². The molecule has 1 aliphatic rings. The van der Waals surface area contributed by atoms with Crippen molar-refractivity contribution in [1.29, 1.82) is 0 Å². The molecule has 4 nitrogen and oxygen atoms in total. The van der Waals surface area contributed by atoms with Gasteiger partial charge in [-0.2, -0.15) is 0 Å². The Hall–Kier alpha value is -1.13. The highest BCUT2D eigenvalue weighted by Gasteiger charge is 2.15. The first kappa shape index (κ1) is 13.3. The summed E-state index contributed by atoms with van der Waals surface area (Å²) in [5.41, 5.74) is 0.904. The van der Waals surface area contributed by atoms with Gasteiger partial charge in [-0.25, -0.2) is 4.98 Å². The Morgan fingerprint density at radius 1 is 1.44 bits per heavy atom. The highest BCUT2D eigenvalue weighted by Crippen LogP contribution is 2.22. The van der Waals surface area contributed by atoms with Crippen LogP contribution in [0.1, 0.15) is 31.4 Å². The lowest BCUT2D eigenvalue weighted by Gasteiger charge is -2.24. The van der Waals surface area contributed by atoms with Crippen LogP contribution in [0.25, 0.3) is 0 Å². The van der Waals surface area contributed by atoms with Gasteiger partial charge in [0.2, 0.25) is 0 Å². The highest BCUT2D eigenvalue weighted by molar-refractivity contribution is 5.47. The molecule has 1 atom stereocenters. The van der Waals surface area contributed by atoms with Gasteiger partial charge in [-0.15, -0.1) is 0 Å². The van der Waals surface area contributed by atoms with E-state index < -0.39 is 6.10 Å². The second kappa shape index (κ2) is 6.16. The highest BCUT2D eigenvalue weighted by atomic mass is 16.3. The van der Waals surface area contributed by atoms with Crippen molar-refractivity contribution < 1.29 is 5.11 Å². The Labute approximate surface area is 109 Å². The number of likely N-dealkylation sites (N-methyl/N-ethyl adjacent to an activating group) is 1. The molecule has 0 radical (unpaired) electrons. The van der Waals surface area contributed by atoms with Crippen LogP contribution in [0.15, 0.2) is 18.3 Å². The van der Waals surface area contributed by atoms with E-state index >= 15 is 0 Å². The topological polar surface area (TPSA) is 39.6 Å². The van der Waals surface area contributed by atoms with Gasteiger partial charge in [0, 0.05) is 31.9 Å². The summed E-state index contributed by atoms with van der Waals surface area (Å²) in [6, 6.07) is 3.82. The number of likely N-dealkylation sites (tertiary alicyclic amines) is 1. The summed E-state index contributed by atoms with van der Waals surface area (Å²) < 4.78 is 0. The molecule has 18 heavy (non-hydrogen) atoms. The quantitative estimate of drug-likeness (QED) is 0.861. The number of nitrogens with zero attached hydrogens (tertiary/aromatic N) is 3. The van der Waals surface area contributed by atoms with Crippen molar-refractivity contribution in [3.63, 3.8) is 0 Å². The second-order valence-electron chi connectivity index (χ2n) is 5.06. The maximum atomic E-state index is 9.76. The third-order valence-electron chi connectivity index (χ3n) is 3.58. The number of hydrogen-bond acceptors (Lipinski definition) is 4. The van der Waals surface area contributed by atoms with Crippen LogP contribution in [0.5, 0.6) is 0 Å². The minimum atomic E-state index is -0.470. The number of hydrogen-bond donors (Lipinski definition) is 1. The van der Waals surface area contributed by atoms with Gasteiger partial charge < -0.3 is 14.9 Å². The Balaban J connectivity index is 1.97. The summed E-state index contributed by atoms with van der Waals surface area (Å²) in [6.45, 7) is 6.26. The SMILES string of the molecule is C[C@H](O)c1cccnc1N(C)CCN1CCCC1. The maximum Gasteiger partial charge on any atom is 0.134 e. The molecule has 0 aromatic carbocycles. The third-order valence-corrected chi connectivity index (χ3v) is 3.58. The Morgan fingerprint density at radius 2 is 2.17 bits per heavy atom. The molecular weight excluding hydrogens is 226 g/mol. The second-order valence-corrected chi connectivity index (χ2v) is 5.06. The van der Waals surface area contributed by atoms with Crippen LogP contribution >= 0.6 is 0 Å². The maximum absolute atomic E-state index is 9.76. The van der Waals surface area contributed by atoms with Gasteiger partial charge in [0.05, 0.1) is 6.10 Å². The van der Waals surface area contributed by atoms with Gasteiger partial charge in [-0.1, -0.05) is 6.07 Å². The van der Waals surface area contributed by atoms with Gasteiger partial charge in [0.15, 0.2) is 0 Å². The summed E-state index contributed by atoms with van der Waals surface area (Å²) >= 11 is 0. The van der Waals surface area contributed by atoms with Gasteiger partial charge >= 0.3 is 0 Å². The molecule has 0 spiro atoms. The van der Waals surface area contributed by atoms with E-state index in [9.17, 15) is 5.11 Å². The molecule has 1 aliphatic heterocycles. The molecule has 1 fully saturated rings. The number of rotatable bonds is 5. The molecule has 2 heterocycles. The summed E-state index contributed by atoms with van der Waals surface area (Å²) in [6.07, 6.45) is 3.97. The Bertz CT molecular complexity index is 375. The van der Waals surface area contributed by atoms with Crippen molar-refractivity contribution in [1.82, 2.24) is 9.88 Å². The van der Waals surface area contributed by atoms with Crippen LogP contribution < -0.4 is 4.90 Å². The smallest absolute Gasteiger partial charge is 0.134 e. The molecule has 1 aromatic rings. The van der Waals surface area contributed by atoms with E-state index in [0.29, 0.717) is 0 Å². The van der Waals surface area contributed by atoms with Crippen molar-refractivity contribution in [3.05, 3.63) is 23.9 Å². The largest absolute Gasteiger partial charge is 0.389 e. The zero-order valence-corrected chi connectivity index (χ0v) is 11.3. The Kier molecular flexibility index (Phi) is 4.55. The van der Waals surface area contributed by atoms with Crippen LogP contribution in [-0.2, 0) is 0 Å². The minimum Gasteiger partial charge on any atom is -0.389 e. The molecule has 1 aromatic heterocycles. The summed E-state index contributed by atoms with van der Waals surface area (Å²) in [7, 11) is 2.05. The number of pyridine rings is 1. The molecule has 0 amide bonds. The molecule has 0 bridgehead atoms. The fourth-order valence-electron chi connectivity index (χ4n) is 2.46. The van der Waals surface area contributed by atoms with Gasteiger partial charge in [0.1, 0.15) is 5.82 Å². The van der Waals surface area contributed by atoms with E-state index in [1.807, 2.05) is 19.2 Å². The molecule has 1 saturated heterocycles. The summed E-state index contributed by atoms with van der Waals surface area (Å²) in [4.78, 5) is 9.02. The first-order chi connectivity index (χ1) is 8.68. The predicted octanol–water partition coefficient (Wildman–Crippen LogP) is 1.67. The zero-order valence-electron chi connectivity index (χ0n) is 11.3. The molecule has 1 N–H and O–H groups in total. The number of aliphatic hydroxyl groups is 1. The molecule has 0 saturated carbocycles. The summed E-state index contributed by atoms with van der Waals surface area (Å²) in [5, 5.41) is 9.76. The predicted molar refractivity (Wildman–Crippen MR) is 73.8 cm³/mol. The van der Waals surface area contributed by atoms with Crippen molar-refractivity contribution in [3.8, 4) is 0 Å². The van der Waals surface area contributed by atoms with Crippen LogP contribution in [0.2, 0.25) is 0 Å². The normalized spacial score (nSPS) is 17.9. The number of anilines is 1. The van der Waals surface area contributed by atoms with Crippen molar-refractivity contribution >= 4 is 5.82 Å². The van der Waals surface area contributed by atoms with Crippen molar-refractivity contribution in [2.45, 2.75) is 25.9 Å². The van der Waals surface area contributed by atoms with E-state index in [0.717, 1.165) is 24.5 Å². The van der Waals surface area contributed by atoms with Crippen LogP contribution in [0, 0.1) is 0 Å².